The number of H-pyrrole nitrogens is 1. The van der Waals surface area contributed by atoms with Crippen LogP contribution in [0.1, 0.15) is 15.9 Å². The number of hydrogen-bond acceptors (Lipinski definition) is 3. The van der Waals surface area contributed by atoms with Crippen LogP contribution in [0.2, 0.25) is 0 Å². The molecule has 2 aromatic rings. The lowest BCUT2D eigenvalue weighted by atomic mass is 10.2. The molecule has 0 aliphatic carbocycles. The molecule has 2 rings (SSSR count). The standard InChI is InChI=1S/C13H10BrN3O2/c14-11-5-3-9(4-6-11)13(18)19-17-12(15)10-2-1-7-16-8-10/h1-8H,(H2,15,17)/p+1. The third-order valence-corrected chi connectivity index (χ3v) is 2.84. The molecule has 0 bridgehead atoms. The Kier molecular flexibility index (Phi) is 4.25. The summed E-state index contributed by atoms with van der Waals surface area (Å²) in [5, 5.41) is 3.61. The lowest BCUT2D eigenvalue weighted by molar-refractivity contribution is -0.378. The predicted octanol–water partition coefficient (Wildman–Crippen LogP) is 1.74. The zero-order valence-electron chi connectivity index (χ0n) is 9.84. The highest BCUT2D eigenvalue weighted by Gasteiger charge is 2.08. The number of pyridine rings is 1. The van der Waals surface area contributed by atoms with Gasteiger partial charge in [0.2, 0.25) is 0 Å². The number of carbonyl (C=O) groups is 1. The van der Waals surface area contributed by atoms with Crippen LogP contribution in [0, 0.1) is 0 Å². The fourth-order valence-electron chi connectivity index (χ4n) is 1.33. The lowest BCUT2D eigenvalue weighted by Crippen LogP contribution is -2.17. The zero-order valence-corrected chi connectivity index (χ0v) is 11.4. The minimum absolute atomic E-state index is 0.127. The fraction of sp³-hybridized carbons (Fsp3) is 0. The number of benzene rings is 1. The quantitative estimate of drug-likeness (QED) is 0.405. The summed E-state index contributed by atoms with van der Waals surface area (Å²) in [6.45, 7) is 0. The molecule has 0 unspecified atom stereocenters. The number of rotatable bonds is 3. The Morgan fingerprint density at radius 1 is 1.21 bits per heavy atom. The van der Waals surface area contributed by atoms with Crippen molar-refractivity contribution in [2.45, 2.75) is 0 Å². The second-order valence-electron chi connectivity index (χ2n) is 3.65. The van der Waals surface area contributed by atoms with Gasteiger partial charge in [0, 0.05) is 10.5 Å². The van der Waals surface area contributed by atoms with Gasteiger partial charge in [-0.05, 0) is 30.3 Å². The second-order valence-corrected chi connectivity index (χ2v) is 4.57. The first-order chi connectivity index (χ1) is 9.16. The molecule has 0 saturated heterocycles. The van der Waals surface area contributed by atoms with E-state index in [1.807, 2.05) is 0 Å². The van der Waals surface area contributed by atoms with Gasteiger partial charge in [0.1, 0.15) is 0 Å². The fourth-order valence-corrected chi connectivity index (χ4v) is 1.60. The molecule has 1 aromatic heterocycles. The third-order valence-electron chi connectivity index (χ3n) is 2.31. The number of halogens is 1. The van der Waals surface area contributed by atoms with Crippen molar-refractivity contribution in [2.24, 2.45) is 10.9 Å². The molecule has 3 N–H and O–H groups in total. The van der Waals surface area contributed by atoms with Crippen molar-refractivity contribution in [2.75, 3.05) is 0 Å². The Morgan fingerprint density at radius 3 is 2.58 bits per heavy atom. The maximum absolute atomic E-state index is 11.7. The minimum atomic E-state index is -0.560. The normalized spacial score (nSPS) is 11.1. The van der Waals surface area contributed by atoms with Gasteiger partial charge >= 0.3 is 5.97 Å². The number of nitrogens with zero attached hydrogens (tertiary/aromatic N) is 1. The summed E-state index contributed by atoms with van der Waals surface area (Å²) in [5.74, 6) is -0.433. The van der Waals surface area contributed by atoms with Gasteiger partial charge in [-0.1, -0.05) is 21.1 Å². The highest BCUT2D eigenvalue weighted by molar-refractivity contribution is 9.10. The van der Waals surface area contributed by atoms with E-state index in [2.05, 4.69) is 26.1 Å². The van der Waals surface area contributed by atoms with Crippen LogP contribution >= 0.6 is 15.9 Å². The van der Waals surface area contributed by atoms with Crippen LogP contribution in [-0.4, -0.2) is 11.8 Å². The molecule has 0 amide bonds. The molecule has 0 spiro atoms. The first-order valence-corrected chi connectivity index (χ1v) is 6.23. The Bertz CT molecular complexity index is 597. The number of amidine groups is 1. The van der Waals surface area contributed by atoms with Gasteiger partial charge in [0.25, 0.3) is 0 Å². The Labute approximate surface area is 118 Å². The van der Waals surface area contributed by atoms with E-state index in [0.29, 0.717) is 11.1 Å². The third kappa shape index (κ3) is 3.62. The average Bonchev–Trinajstić information content (AvgIpc) is 2.46. The number of hydrogen-bond donors (Lipinski definition) is 1. The van der Waals surface area contributed by atoms with E-state index < -0.39 is 5.97 Å². The van der Waals surface area contributed by atoms with Crippen LogP contribution in [0.5, 0.6) is 0 Å². The summed E-state index contributed by atoms with van der Waals surface area (Å²) in [7, 11) is 0. The molecule has 1 aromatic carbocycles. The highest BCUT2D eigenvalue weighted by atomic mass is 79.9. The van der Waals surface area contributed by atoms with Crippen molar-refractivity contribution in [3.8, 4) is 0 Å². The summed E-state index contributed by atoms with van der Waals surface area (Å²) < 4.78 is 0.881. The van der Waals surface area contributed by atoms with E-state index in [-0.39, 0.29) is 5.84 Å². The first-order valence-electron chi connectivity index (χ1n) is 5.43. The van der Waals surface area contributed by atoms with E-state index in [9.17, 15) is 4.79 Å². The van der Waals surface area contributed by atoms with E-state index in [1.54, 1.807) is 48.8 Å². The molecule has 1 heterocycles. The summed E-state index contributed by atoms with van der Waals surface area (Å²) in [5.41, 5.74) is 6.74. The molecule has 0 saturated carbocycles. The Morgan fingerprint density at radius 2 is 1.95 bits per heavy atom. The van der Waals surface area contributed by atoms with Crippen molar-refractivity contribution in [3.63, 3.8) is 0 Å². The number of aromatic amines is 1. The number of oxime groups is 1. The first kappa shape index (κ1) is 13.2. The summed E-state index contributed by atoms with van der Waals surface area (Å²) in [6.07, 6.45) is 3.40. The topological polar surface area (TPSA) is 78.8 Å². The molecule has 0 atom stereocenters. The number of nitrogens with two attached hydrogens (primary N) is 1. The number of nitrogens with one attached hydrogen (secondary N) is 1. The van der Waals surface area contributed by atoms with Gasteiger partial charge in [0.15, 0.2) is 18.2 Å². The summed E-state index contributed by atoms with van der Waals surface area (Å²) in [6, 6.07) is 10.3. The molecule has 0 aliphatic heterocycles. The van der Waals surface area contributed by atoms with Crippen LogP contribution in [0.25, 0.3) is 0 Å². The van der Waals surface area contributed by atoms with Crippen LogP contribution in [0.3, 0.4) is 0 Å². The number of aromatic nitrogens is 1. The molecule has 5 nitrogen and oxygen atoms in total. The van der Waals surface area contributed by atoms with E-state index >= 15 is 0 Å². The maximum Gasteiger partial charge on any atom is 0.365 e. The van der Waals surface area contributed by atoms with Gasteiger partial charge in [0.05, 0.1) is 11.1 Å². The smallest absolute Gasteiger partial charge is 0.365 e. The predicted molar refractivity (Wildman–Crippen MR) is 73.3 cm³/mol. The monoisotopic (exact) mass is 320 g/mol. The number of carbonyl (C=O) groups excluding carboxylic acids is 1. The van der Waals surface area contributed by atoms with Crippen molar-refractivity contribution in [3.05, 3.63) is 64.4 Å². The molecule has 96 valence electrons. The lowest BCUT2D eigenvalue weighted by Gasteiger charge is -2.00. The molecule has 0 aliphatic rings. The molecular weight excluding hydrogens is 310 g/mol. The Balaban J connectivity index is 2.06. The van der Waals surface area contributed by atoms with Crippen molar-refractivity contribution in [1.29, 1.82) is 0 Å². The minimum Gasteiger partial charge on any atom is -0.380 e. The largest absolute Gasteiger partial charge is 0.380 e. The van der Waals surface area contributed by atoms with Crippen LogP contribution < -0.4 is 10.7 Å². The maximum atomic E-state index is 11.7. The summed E-state index contributed by atoms with van der Waals surface area (Å²) >= 11 is 3.28. The van der Waals surface area contributed by atoms with Gasteiger partial charge < -0.3 is 10.6 Å². The molecule has 6 heteroatoms. The van der Waals surface area contributed by atoms with Crippen LogP contribution in [0.15, 0.2) is 58.4 Å². The van der Waals surface area contributed by atoms with Gasteiger partial charge in [-0.25, -0.2) is 9.78 Å². The van der Waals surface area contributed by atoms with Gasteiger partial charge in [-0.15, -0.1) is 0 Å². The van der Waals surface area contributed by atoms with Gasteiger partial charge in [-0.3, -0.25) is 0 Å². The average molecular weight is 321 g/mol. The highest BCUT2D eigenvalue weighted by Crippen LogP contribution is 2.11. The van der Waals surface area contributed by atoms with Crippen molar-refractivity contribution in [1.82, 2.24) is 0 Å². The SMILES string of the molecule is NC(=NOC(=O)c1ccc(Br)cc1)c1ccc[nH+]c1. The molecular formula is C13H11BrN3O2+. The van der Waals surface area contributed by atoms with Crippen LogP contribution in [0.4, 0.5) is 0 Å². The molecule has 0 fully saturated rings. The van der Waals surface area contributed by atoms with E-state index in [1.165, 1.54) is 0 Å². The van der Waals surface area contributed by atoms with Crippen molar-refractivity contribution >= 4 is 27.7 Å². The Hall–Kier alpha value is -2.21. The van der Waals surface area contributed by atoms with Gasteiger partial charge in [-0.2, -0.15) is 0 Å². The van der Waals surface area contributed by atoms with Crippen molar-refractivity contribution < 1.29 is 14.6 Å². The molecule has 19 heavy (non-hydrogen) atoms. The second kappa shape index (κ2) is 6.10. The van der Waals surface area contributed by atoms with E-state index in [4.69, 9.17) is 10.6 Å². The summed E-state index contributed by atoms with van der Waals surface area (Å²) in [4.78, 5) is 19.3. The molecule has 0 radical (unpaired) electrons. The van der Waals surface area contributed by atoms with E-state index in [0.717, 1.165) is 4.47 Å². The van der Waals surface area contributed by atoms with Crippen LogP contribution in [-0.2, 0) is 4.84 Å². The zero-order chi connectivity index (χ0) is 13.7.